The molecule has 3 aromatic rings. The van der Waals surface area contributed by atoms with Gasteiger partial charge in [-0.3, -0.25) is 0 Å². The van der Waals surface area contributed by atoms with Gasteiger partial charge in [0.25, 0.3) is 0 Å². The van der Waals surface area contributed by atoms with Crippen molar-refractivity contribution in [3.05, 3.63) is 58.5 Å². The molecule has 96 valence electrons. The molecular weight excluding hydrogens is 274 g/mol. The zero-order valence-corrected chi connectivity index (χ0v) is 10.3. The lowest BCUT2D eigenvalue weighted by Crippen LogP contribution is -2.02. The van der Waals surface area contributed by atoms with Gasteiger partial charge in [-0.05, 0) is 23.8 Å². The van der Waals surface area contributed by atoms with E-state index in [2.05, 4.69) is 15.3 Å². The maximum atomic E-state index is 13.6. The predicted octanol–water partition coefficient (Wildman–Crippen LogP) is 2.65. The van der Waals surface area contributed by atoms with Crippen LogP contribution in [-0.2, 0) is 6.42 Å². The van der Waals surface area contributed by atoms with E-state index in [1.54, 1.807) is 12.1 Å². The second-order valence-electron chi connectivity index (χ2n) is 3.95. The third-order valence-electron chi connectivity index (χ3n) is 2.66. The monoisotopic (exact) mass is 280 g/mol. The normalized spacial score (nSPS) is 11.1. The summed E-state index contributed by atoms with van der Waals surface area (Å²) in [6, 6.07) is 6.65. The van der Waals surface area contributed by atoms with Crippen LogP contribution in [0, 0.1) is 11.6 Å². The van der Waals surface area contributed by atoms with Crippen molar-refractivity contribution in [2.45, 2.75) is 6.42 Å². The molecule has 0 N–H and O–H groups in total. The van der Waals surface area contributed by atoms with Gasteiger partial charge in [0.2, 0.25) is 0 Å². The highest BCUT2D eigenvalue weighted by Crippen LogP contribution is 2.15. The van der Waals surface area contributed by atoms with E-state index in [-0.39, 0.29) is 11.6 Å². The summed E-state index contributed by atoms with van der Waals surface area (Å²) in [6.07, 6.45) is 0.153. The minimum Gasteiger partial charge on any atom is -0.207 e. The number of rotatable bonds is 2. The number of fused-ring (bicyclic) bond motifs is 1. The van der Waals surface area contributed by atoms with Crippen LogP contribution < -0.4 is 0 Å². The molecule has 0 bridgehead atoms. The van der Waals surface area contributed by atoms with Gasteiger partial charge in [0.1, 0.15) is 16.8 Å². The fraction of sp³-hybridized carbons (Fsp3) is 0.0833. The average Bonchev–Trinajstić information content (AvgIpc) is 2.75. The van der Waals surface area contributed by atoms with Crippen LogP contribution >= 0.6 is 11.6 Å². The maximum Gasteiger partial charge on any atom is 0.178 e. The molecule has 0 spiro atoms. The molecule has 3 rings (SSSR count). The number of hydrogen-bond donors (Lipinski definition) is 0. The topological polar surface area (TPSA) is 43.1 Å². The summed E-state index contributed by atoms with van der Waals surface area (Å²) in [5.74, 6) is -0.810. The molecule has 0 amide bonds. The Morgan fingerprint density at radius 3 is 2.74 bits per heavy atom. The number of nitrogens with zero attached hydrogens (tertiary/aromatic N) is 4. The van der Waals surface area contributed by atoms with E-state index < -0.39 is 11.6 Å². The fourth-order valence-corrected chi connectivity index (χ4v) is 1.90. The second kappa shape index (κ2) is 4.55. The maximum absolute atomic E-state index is 13.6. The van der Waals surface area contributed by atoms with E-state index in [9.17, 15) is 8.78 Å². The number of benzene rings is 1. The molecule has 19 heavy (non-hydrogen) atoms. The summed E-state index contributed by atoms with van der Waals surface area (Å²) < 4.78 is 27.8. The van der Waals surface area contributed by atoms with E-state index in [1.165, 1.54) is 16.6 Å². The van der Waals surface area contributed by atoms with Crippen LogP contribution in [0.1, 0.15) is 11.4 Å². The highest BCUT2D eigenvalue weighted by atomic mass is 35.5. The number of halogens is 3. The van der Waals surface area contributed by atoms with Gasteiger partial charge in [0, 0.05) is 12.5 Å². The Bertz CT molecular complexity index is 757. The van der Waals surface area contributed by atoms with Crippen LogP contribution in [0.2, 0.25) is 5.15 Å². The highest BCUT2D eigenvalue weighted by molar-refractivity contribution is 6.29. The van der Waals surface area contributed by atoms with Crippen LogP contribution in [0.5, 0.6) is 0 Å². The molecule has 1 aromatic carbocycles. The molecule has 2 aromatic heterocycles. The summed E-state index contributed by atoms with van der Waals surface area (Å²) in [5.41, 5.74) is 0.833. The Labute approximate surface area is 111 Å². The van der Waals surface area contributed by atoms with E-state index >= 15 is 0 Å². The zero-order chi connectivity index (χ0) is 13.4. The first kappa shape index (κ1) is 12.0. The molecule has 0 fully saturated rings. The van der Waals surface area contributed by atoms with Gasteiger partial charge in [0.05, 0.1) is 0 Å². The lowest BCUT2D eigenvalue weighted by Gasteiger charge is -2.02. The van der Waals surface area contributed by atoms with Crippen molar-refractivity contribution in [3.63, 3.8) is 0 Å². The van der Waals surface area contributed by atoms with Crippen molar-refractivity contribution in [3.8, 4) is 0 Å². The third kappa shape index (κ3) is 2.26. The summed E-state index contributed by atoms with van der Waals surface area (Å²) in [7, 11) is 0. The van der Waals surface area contributed by atoms with Crippen LogP contribution in [0.15, 0.2) is 30.3 Å². The number of aromatic nitrogens is 4. The van der Waals surface area contributed by atoms with Crippen molar-refractivity contribution in [2.75, 3.05) is 0 Å². The Morgan fingerprint density at radius 1 is 1.11 bits per heavy atom. The van der Waals surface area contributed by atoms with Crippen LogP contribution in [-0.4, -0.2) is 19.8 Å². The Balaban J connectivity index is 2.03. The smallest absolute Gasteiger partial charge is 0.178 e. The van der Waals surface area contributed by atoms with Crippen molar-refractivity contribution < 1.29 is 8.78 Å². The molecule has 7 heteroatoms. The molecule has 0 radical (unpaired) electrons. The molecular formula is C12H7ClF2N4. The van der Waals surface area contributed by atoms with E-state index in [1.807, 2.05) is 0 Å². The lowest BCUT2D eigenvalue weighted by molar-refractivity contribution is 0.573. The lowest BCUT2D eigenvalue weighted by atomic mass is 10.1. The van der Waals surface area contributed by atoms with Gasteiger partial charge in [-0.15, -0.1) is 10.2 Å². The summed E-state index contributed by atoms with van der Waals surface area (Å²) in [6.45, 7) is 0. The van der Waals surface area contributed by atoms with Gasteiger partial charge >= 0.3 is 0 Å². The van der Waals surface area contributed by atoms with E-state index in [0.29, 0.717) is 17.0 Å². The summed E-state index contributed by atoms with van der Waals surface area (Å²) in [4.78, 5) is 0. The Morgan fingerprint density at radius 2 is 1.95 bits per heavy atom. The molecule has 0 unspecified atom stereocenters. The standard InChI is InChI=1S/C12H7ClF2N4/c13-10-3-4-11-16-17-12(19(11)18-10)5-7-1-2-8(14)6-9(7)15/h1-4,6H,5H2. The molecule has 0 atom stereocenters. The molecule has 0 aliphatic carbocycles. The molecule has 0 saturated heterocycles. The Kier molecular flexibility index (Phi) is 2.87. The summed E-state index contributed by atoms with van der Waals surface area (Å²) >= 11 is 5.79. The first-order chi connectivity index (χ1) is 9.13. The molecule has 0 aliphatic rings. The van der Waals surface area contributed by atoms with Crippen molar-refractivity contribution in [1.82, 2.24) is 19.8 Å². The van der Waals surface area contributed by atoms with Crippen molar-refractivity contribution in [1.29, 1.82) is 0 Å². The van der Waals surface area contributed by atoms with Crippen LogP contribution in [0.3, 0.4) is 0 Å². The quantitative estimate of drug-likeness (QED) is 0.725. The van der Waals surface area contributed by atoms with Gasteiger partial charge in [0.15, 0.2) is 11.5 Å². The third-order valence-corrected chi connectivity index (χ3v) is 2.86. The first-order valence-electron chi connectivity index (χ1n) is 5.44. The van der Waals surface area contributed by atoms with Crippen LogP contribution in [0.25, 0.3) is 5.65 Å². The minimum absolute atomic E-state index is 0.153. The first-order valence-corrected chi connectivity index (χ1v) is 5.82. The van der Waals surface area contributed by atoms with Gasteiger partial charge in [-0.25, -0.2) is 8.78 Å². The van der Waals surface area contributed by atoms with Gasteiger partial charge < -0.3 is 0 Å². The molecule has 0 saturated carbocycles. The Hall–Kier alpha value is -2.08. The largest absolute Gasteiger partial charge is 0.207 e. The van der Waals surface area contributed by atoms with E-state index in [0.717, 1.165) is 6.07 Å². The van der Waals surface area contributed by atoms with Crippen LogP contribution in [0.4, 0.5) is 8.78 Å². The second-order valence-corrected chi connectivity index (χ2v) is 4.34. The predicted molar refractivity (Wildman–Crippen MR) is 65.0 cm³/mol. The molecule has 2 heterocycles. The van der Waals surface area contributed by atoms with E-state index in [4.69, 9.17) is 11.6 Å². The minimum atomic E-state index is -0.626. The molecule has 4 nitrogen and oxygen atoms in total. The van der Waals surface area contributed by atoms with Gasteiger partial charge in [-0.1, -0.05) is 17.7 Å². The van der Waals surface area contributed by atoms with Crippen molar-refractivity contribution in [2.24, 2.45) is 0 Å². The SMILES string of the molecule is Fc1ccc(Cc2nnc3ccc(Cl)nn23)c(F)c1. The molecule has 0 aliphatic heterocycles. The van der Waals surface area contributed by atoms with Crippen molar-refractivity contribution >= 4 is 17.2 Å². The highest BCUT2D eigenvalue weighted by Gasteiger charge is 2.11. The van der Waals surface area contributed by atoms with Gasteiger partial charge in [-0.2, -0.15) is 9.61 Å². The average molecular weight is 281 g/mol. The fourth-order valence-electron chi connectivity index (χ4n) is 1.76. The summed E-state index contributed by atoms with van der Waals surface area (Å²) in [5, 5.41) is 12.1. The zero-order valence-electron chi connectivity index (χ0n) is 9.52. The number of hydrogen-bond acceptors (Lipinski definition) is 3.